The lowest BCUT2D eigenvalue weighted by molar-refractivity contribution is -0.141. The van der Waals surface area contributed by atoms with Crippen molar-refractivity contribution in [1.29, 1.82) is 0 Å². The van der Waals surface area contributed by atoms with Crippen LogP contribution in [0.1, 0.15) is 42.9 Å². The van der Waals surface area contributed by atoms with Crippen LogP contribution < -0.4 is 9.47 Å². The van der Waals surface area contributed by atoms with Gasteiger partial charge >= 0.3 is 0 Å². The Hall–Kier alpha value is -3.35. The zero-order valence-electron chi connectivity index (χ0n) is 17.4. The van der Waals surface area contributed by atoms with Crippen molar-refractivity contribution in [3.63, 3.8) is 0 Å². The molecule has 1 atom stereocenters. The highest BCUT2D eigenvalue weighted by molar-refractivity contribution is 6.46. The van der Waals surface area contributed by atoms with Crippen LogP contribution in [0.3, 0.4) is 0 Å². The van der Waals surface area contributed by atoms with Gasteiger partial charge in [-0.25, -0.2) is 4.39 Å². The number of hydrogen-bond donors (Lipinski definition) is 1. The fourth-order valence-corrected chi connectivity index (χ4v) is 4.62. The number of methoxy groups -OCH3 is 2. The minimum atomic E-state index is -0.841. The molecule has 2 fully saturated rings. The monoisotopic (exact) mass is 425 g/mol. The van der Waals surface area contributed by atoms with E-state index in [4.69, 9.17) is 9.47 Å². The molecule has 1 heterocycles. The van der Waals surface area contributed by atoms with Crippen LogP contribution in [0.4, 0.5) is 4.39 Å². The molecule has 0 aromatic heterocycles. The lowest BCUT2D eigenvalue weighted by Gasteiger charge is -2.31. The molecule has 162 valence electrons. The third-order valence-electron chi connectivity index (χ3n) is 6.05. The number of ketones is 1. The molecule has 1 amide bonds. The summed E-state index contributed by atoms with van der Waals surface area (Å²) >= 11 is 0. The van der Waals surface area contributed by atoms with Gasteiger partial charge in [-0.2, -0.15) is 0 Å². The molecule has 1 aliphatic carbocycles. The van der Waals surface area contributed by atoms with E-state index in [1.807, 2.05) is 0 Å². The number of halogens is 1. The SMILES string of the molecule is COc1ccc(F)cc1/C(O)=C1\C(=O)C(=O)N(C2CCCC2)C1c1ccccc1OC. The Bertz CT molecular complexity index is 1060. The number of carbonyl (C=O) groups excluding carboxylic acids is 2. The number of Topliss-reactive ketones (excluding diaryl/α,β-unsaturated/α-hetero) is 1. The fraction of sp³-hybridized carbons (Fsp3) is 0.333. The van der Waals surface area contributed by atoms with Crippen LogP contribution in [0.5, 0.6) is 11.5 Å². The van der Waals surface area contributed by atoms with Crippen molar-refractivity contribution < 1.29 is 28.6 Å². The molecule has 1 N–H and O–H groups in total. The molecule has 0 radical (unpaired) electrons. The summed E-state index contributed by atoms with van der Waals surface area (Å²) in [6.07, 6.45) is 3.48. The predicted octanol–water partition coefficient (Wildman–Crippen LogP) is 4.21. The molecule has 2 aromatic rings. The number of carbonyl (C=O) groups is 2. The van der Waals surface area contributed by atoms with Crippen LogP contribution in [0, 0.1) is 5.82 Å². The number of rotatable bonds is 5. The number of para-hydroxylation sites is 1. The van der Waals surface area contributed by atoms with Gasteiger partial charge in [0, 0.05) is 11.6 Å². The first kappa shape index (κ1) is 20.9. The second kappa shape index (κ2) is 8.41. The number of aliphatic hydroxyl groups is 1. The molecular formula is C24H24FNO5. The topological polar surface area (TPSA) is 76.1 Å². The van der Waals surface area contributed by atoms with E-state index in [0.717, 1.165) is 31.7 Å². The maximum absolute atomic E-state index is 14.0. The highest BCUT2D eigenvalue weighted by Crippen LogP contribution is 2.46. The summed E-state index contributed by atoms with van der Waals surface area (Å²) in [7, 11) is 2.90. The second-order valence-corrected chi connectivity index (χ2v) is 7.73. The largest absolute Gasteiger partial charge is 0.507 e. The number of amides is 1. The third kappa shape index (κ3) is 3.54. The van der Waals surface area contributed by atoms with E-state index in [-0.39, 0.29) is 22.9 Å². The van der Waals surface area contributed by atoms with E-state index in [9.17, 15) is 19.1 Å². The first-order valence-corrected chi connectivity index (χ1v) is 10.2. The molecule has 1 unspecified atom stereocenters. The third-order valence-corrected chi connectivity index (χ3v) is 6.05. The number of aliphatic hydroxyl groups excluding tert-OH is 1. The Morgan fingerprint density at radius 2 is 1.71 bits per heavy atom. The molecule has 6 nitrogen and oxygen atoms in total. The summed E-state index contributed by atoms with van der Waals surface area (Å²) in [5.41, 5.74) is 0.519. The molecular weight excluding hydrogens is 401 g/mol. The summed E-state index contributed by atoms with van der Waals surface area (Å²) in [5, 5.41) is 11.2. The summed E-state index contributed by atoms with van der Waals surface area (Å²) in [5.74, 6) is -1.84. The van der Waals surface area contributed by atoms with Crippen LogP contribution in [0.2, 0.25) is 0 Å². The fourth-order valence-electron chi connectivity index (χ4n) is 4.62. The number of ether oxygens (including phenoxy) is 2. The summed E-state index contributed by atoms with van der Waals surface area (Å²) in [6, 6.07) is 9.80. The van der Waals surface area contributed by atoms with Gasteiger partial charge in [-0.3, -0.25) is 9.59 Å². The van der Waals surface area contributed by atoms with E-state index < -0.39 is 29.3 Å². The Morgan fingerprint density at radius 1 is 1.03 bits per heavy atom. The minimum absolute atomic E-state index is 0.0202. The van der Waals surface area contributed by atoms with Gasteiger partial charge in [-0.15, -0.1) is 0 Å². The van der Waals surface area contributed by atoms with Gasteiger partial charge in [0.15, 0.2) is 0 Å². The number of benzene rings is 2. The van der Waals surface area contributed by atoms with Gasteiger partial charge in [-0.1, -0.05) is 31.0 Å². The standard InChI is InChI=1S/C24H24FNO5/c1-30-18-10-6-5-9-16(18)21-20(22(27)17-13-14(25)11-12-19(17)31-2)23(28)24(29)26(21)15-7-3-4-8-15/h5-6,9-13,15,21,27H,3-4,7-8H2,1-2H3/b22-20+. The highest BCUT2D eigenvalue weighted by Gasteiger charge is 2.50. The van der Waals surface area contributed by atoms with Gasteiger partial charge < -0.3 is 19.5 Å². The second-order valence-electron chi connectivity index (χ2n) is 7.73. The normalized spacial score (nSPS) is 21.0. The zero-order chi connectivity index (χ0) is 22.1. The summed E-state index contributed by atoms with van der Waals surface area (Å²) in [6.45, 7) is 0. The summed E-state index contributed by atoms with van der Waals surface area (Å²) < 4.78 is 24.8. The lowest BCUT2D eigenvalue weighted by Crippen LogP contribution is -2.37. The first-order valence-electron chi connectivity index (χ1n) is 10.2. The number of nitrogens with zero attached hydrogens (tertiary/aromatic N) is 1. The molecule has 1 saturated heterocycles. The molecule has 7 heteroatoms. The number of hydrogen-bond acceptors (Lipinski definition) is 5. The number of likely N-dealkylation sites (tertiary alicyclic amines) is 1. The van der Waals surface area contributed by atoms with Gasteiger partial charge in [0.1, 0.15) is 23.1 Å². The van der Waals surface area contributed by atoms with E-state index in [1.54, 1.807) is 29.2 Å². The molecule has 4 rings (SSSR count). The molecule has 2 aliphatic rings. The van der Waals surface area contributed by atoms with Crippen molar-refractivity contribution in [2.75, 3.05) is 14.2 Å². The Balaban J connectivity index is 1.97. The zero-order valence-corrected chi connectivity index (χ0v) is 17.4. The predicted molar refractivity (Wildman–Crippen MR) is 112 cm³/mol. The van der Waals surface area contributed by atoms with Crippen molar-refractivity contribution >= 4 is 17.4 Å². The van der Waals surface area contributed by atoms with Crippen LogP contribution in [-0.2, 0) is 9.59 Å². The lowest BCUT2D eigenvalue weighted by atomic mass is 9.93. The molecule has 1 aliphatic heterocycles. The van der Waals surface area contributed by atoms with Gasteiger partial charge in [-0.05, 0) is 37.1 Å². The Labute approximate surface area is 179 Å². The van der Waals surface area contributed by atoms with Crippen molar-refractivity contribution in [2.45, 2.75) is 37.8 Å². The van der Waals surface area contributed by atoms with Crippen LogP contribution in [-0.4, -0.2) is 42.0 Å². The molecule has 0 bridgehead atoms. The van der Waals surface area contributed by atoms with Gasteiger partial charge in [0.2, 0.25) is 0 Å². The van der Waals surface area contributed by atoms with Gasteiger partial charge in [0.05, 0.1) is 31.4 Å². The first-order chi connectivity index (χ1) is 15.0. The Morgan fingerprint density at radius 3 is 2.39 bits per heavy atom. The smallest absolute Gasteiger partial charge is 0.295 e. The molecule has 2 aromatic carbocycles. The molecule has 0 spiro atoms. The van der Waals surface area contributed by atoms with E-state index in [2.05, 4.69) is 0 Å². The van der Waals surface area contributed by atoms with Crippen LogP contribution in [0.15, 0.2) is 48.0 Å². The van der Waals surface area contributed by atoms with E-state index in [1.165, 1.54) is 26.4 Å². The van der Waals surface area contributed by atoms with Gasteiger partial charge in [0.25, 0.3) is 11.7 Å². The molecule has 1 saturated carbocycles. The summed E-state index contributed by atoms with van der Waals surface area (Å²) in [4.78, 5) is 27.9. The van der Waals surface area contributed by atoms with Crippen molar-refractivity contribution in [3.05, 3.63) is 65.0 Å². The van der Waals surface area contributed by atoms with E-state index >= 15 is 0 Å². The van der Waals surface area contributed by atoms with Crippen LogP contribution >= 0.6 is 0 Å². The quantitative estimate of drug-likeness (QED) is 0.441. The Kier molecular flexibility index (Phi) is 5.67. The van der Waals surface area contributed by atoms with Crippen molar-refractivity contribution in [3.8, 4) is 11.5 Å². The van der Waals surface area contributed by atoms with E-state index in [0.29, 0.717) is 11.3 Å². The van der Waals surface area contributed by atoms with Crippen molar-refractivity contribution in [2.24, 2.45) is 0 Å². The van der Waals surface area contributed by atoms with Crippen molar-refractivity contribution in [1.82, 2.24) is 4.90 Å². The average Bonchev–Trinajstić information content (AvgIpc) is 3.40. The maximum atomic E-state index is 14.0. The maximum Gasteiger partial charge on any atom is 0.295 e. The highest BCUT2D eigenvalue weighted by atomic mass is 19.1. The molecule has 31 heavy (non-hydrogen) atoms. The average molecular weight is 425 g/mol. The van der Waals surface area contributed by atoms with Crippen LogP contribution in [0.25, 0.3) is 5.76 Å². The minimum Gasteiger partial charge on any atom is -0.507 e.